The Balaban J connectivity index is 1.83. The molecule has 3 nitrogen and oxygen atoms in total. The minimum Gasteiger partial charge on any atom is -0.467 e. The lowest BCUT2D eigenvalue weighted by Gasteiger charge is -2.02. The fourth-order valence-electron chi connectivity index (χ4n) is 1.36. The number of ketones is 1. The van der Waals surface area contributed by atoms with Gasteiger partial charge in [0, 0.05) is 5.56 Å². The molecule has 17 heavy (non-hydrogen) atoms. The zero-order valence-corrected chi connectivity index (χ0v) is 9.06. The van der Waals surface area contributed by atoms with E-state index in [1.54, 1.807) is 18.4 Å². The average molecular weight is 234 g/mol. The summed E-state index contributed by atoms with van der Waals surface area (Å²) in [7, 11) is 0. The van der Waals surface area contributed by atoms with E-state index in [9.17, 15) is 9.18 Å². The van der Waals surface area contributed by atoms with E-state index < -0.39 is 0 Å². The van der Waals surface area contributed by atoms with Crippen molar-refractivity contribution in [1.29, 1.82) is 0 Å². The van der Waals surface area contributed by atoms with Crippen LogP contribution in [-0.2, 0) is 11.3 Å². The van der Waals surface area contributed by atoms with Crippen molar-refractivity contribution >= 4 is 5.78 Å². The van der Waals surface area contributed by atoms with Crippen LogP contribution >= 0.6 is 0 Å². The molecule has 1 aromatic carbocycles. The molecule has 0 bridgehead atoms. The molecule has 0 fully saturated rings. The second kappa shape index (κ2) is 5.41. The van der Waals surface area contributed by atoms with Gasteiger partial charge in [-0.2, -0.15) is 0 Å². The highest BCUT2D eigenvalue weighted by Gasteiger charge is 2.06. The van der Waals surface area contributed by atoms with Gasteiger partial charge < -0.3 is 9.15 Å². The topological polar surface area (TPSA) is 39.4 Å². The van der Waals surface area contributed by atoms with Crippen LogP contribution in [0.2, 0.25) is 0 Å². The van der Waals surface area contributed by atoms with Crippen molar-refractivity contribution in [2.24, 2.45) is 0 Å². The standard InChI is InChI=1S/C13H11FO3/c14-11-5-3-10(4-6-11)13(15)9-16-8-12-2-1-7-17-12/h1-7H,8-9H2. The Bertz CT molecular complexity index is 474. The number of hydrogen-bond donors (Lipinski definition) is 0. The molecule has 0 aliphatic heterocycles. The maximum absolute atomic E-state index is 12.6. The van der Waals surface area contributed by atoms with Crippen molar-refractivity contribution in [2.75, 3.05) is 6.61 Å². The van der Waals surface area contributed by atoms with Gasteiger partial charge in [-0.25, -0.2) is 4.39 Å². The predicted molar refractivity (Wildman–Crippen MR) is 59.1 cm³/mol. The highest BCUT2D eigenvalue weighted by atomic mass is 19.1. The van der Waals surface area contributed by atoms with Crippen molar-refractivity contribution in [3.8, 4) is 0 Å². The Morgan fingerprint density at radius 3 is 2.65 bits per heavy atom. The largest absolute Gasteiger partial charge is 0.467 e. The first-order valence-corrected chi connectivity index (χ1v) is 5.14. The molecular weight excluding hydrogens is 223 g/mol. The quantitative estimate of drug-likeness (QED) is 0.747. The van der Waals surface area contributed by atoms with Gasteiger partial charge in [0.15, 0.2) is 5.78 Å². The Morgan fingerprint density at radius 1 is 1.24 bits per heavy atom. The summed E-state index contributed by atoms with van der Waals surface area (Å²) < 4.78 is 22.9. The molecule has 0 unspecified atom stereocenters. The Morgan fingerprint density at radius 2 is 2.00 bits per heavy atom. The molecule has 0 atom stereocenters. The fourth-order valence-corrected chi connectivity index (χ4v) is 1.36. The molecule has 88 valence electrons. The van der Waals surface area contributed by atoms with E-state index in [1.807, 2.05) is 0 Å². The van der Waals surface area contributed by atoms with Crippen LogP contribution < -0.4 is 0 Å². The van der Waals surface area contributed by atoms with Gasteiger partial charge in [0.2, 0.25) is 0 Å². The summed E-state index contributed by atoms with van der Waals surface area (Å²) in [6, 6.07) is 8.89. The third-order valence-corrected chi connectivity index (χ3v) is 2.22. The van der Waals surface area contributed by atoms with Crippen LogP contribution in [0.3, 0.4) is 0 Å². The first kappa shape index (κ1) is 11.5. The van der Waals surface area contributed by atoms with Gasteiger partial charge in [-0.1, -0.05) is 0 Å². The lowest BCUT2D eigenvalue weighted by atomic mass is 10.1. The van der Waals surface area contributed by atoms with Crippen molar-refractivity contribution in [3.63, 3.8) is 0 Å². The summed E-state index contributed by atoms with van der Waals surface area (Å²) in [5.74, 6) is 0.117. The summed E-state index contributed by atoms with van der Waals surface area (Å²) in [6.07, 6.45) is 1.54. The molecule has 0 aliphatic rings. The number of benzene rings is 1. The fraction of sp³-hybridized carbons (Fsp3) is 0.154. The van der Waals surface area contributed by atoms with E-state index in [1.165, 1.54) is 24.3 Å². The first-order chi connectivity index (χ1) is 8.25. The van der Waals surface area contributed by atoms with Gasteiger partial charge in [0.05, 0.1) is 6.26 Å². The van der Waals surface area contributed by atoms with Gasteiger partial charge in [0.25, 0.3) is 0 Å². The van der Waals surface area contributed by atoms with E-state index in [0.717, 1.165) is 0 Å². The Kier molecular flexibility index (Phi) is 3.67. The average Bonchev–Trinajstić information content (AvgIpc) is 2.83. The van der Waals surface area contributed by atoms with Crippen LogP contribution in [-0.4, -0.2) is 12.4 Å². The van der Waals surface area contributed by atoms with E-state index >= 15 is 0 Å². The summed E-state index contributed by atoms with van der Waals surface area (Å²) in [5, 5.41) is 0. The van der Waals surface area contributed by atoms with Crippen LogP contribution in [0.4, 0.5) is 4.39 Å². The number of rotatable bonds is 5. The second-order valence-corrected chi connectivity index (χ2v) is 3.50. The van der Waals surface area contributed by atoms with Crippen LogP contribution in [0.1, 0.15) is 16.1 Å². The van der Waals surface area contributed by atoms with Gasteiger partial charge in [-0.15, -0.1) is 0 Å². The first-order valence-electron chi connectivity index (χ1n) is 5.14. The maximum Gasteiger partial charge on any atom is 0.188 e. The van der Waals surface area contributed by atoms with Crippen molar-refractivity contribution in [2.45, 2.75) is 6.61 Å². The number of ether oxygens (including phenoxy) is 1. The monoisotopic (exact) mass is 234 g/mol. The molecule has 4 heteroatoms. The summed E-state index contributed by atoms with van der Waals surface area (Å²) in [6.45, 7) is 0.201. The van der Waals surface area contributed by atoms with E-state index in [0.29, 0.717) is 11.3 Å². The Labute approximate surface area is 97.8 Å². The smallest absolute Gasteiger partial charge is 0.188 e. The van der Waals surface area contributed by atoms with Gasteiger partial charge in [0.1, 0.15) is 24.8 Å². The number of carbonyl (C=O) groups is 1. The van der Waals surface area contributed by atoms with E-state index in [4.69, 9.17) is 9.15 Å². The maximum atomic E-state index is 12.6. The van der Waals surface area contributed by atoms with E-state index in [2.05, 4.69) is 0 Å². The van der Waals surface area contributed by atoms with Crippen LogP contribution in [0.5, 0.6) is 0 Å². The number of Topliss-reactive ketones (excluding diaryl/α,β-unsaturated/α-hetero) is 1. The van der Waals surface area contributed by atoms with Crippen molar-refractivity contribution in [1.82, 2.24) is 0 Å². The summed E-state index contributed by atoms with van der Waals surface area (Å²) in [4.78, 5) is 11.6. The number of carbonyl (C=O) groups excluding carboxylic acids is 1. The number of halogens is 1. The molecule has 1 aromatic heterocycles. The van der Waals surface area contributed by atoms with Crippen molar-refractivity contribution in [3.05, 3.63) is 59.8 Å². The lowest BCUT2D eigenvalue weighted by molar-refractivity contribution is 0.0691. The molecule has 0 amide bonds. The van der Waals surface area contributed by atoms with Crippen LogP contribution in [0.15, 0.2) is 47.1 Å². The minimum absolute atomic E-state index is 0.0493. The molecule has 0 spiro atoms. The van der Waals surface area contributed by atoms with Gasteiger partial charge >= 0.3 is 0 Å². The molecule has 0 aliphatic carbocycles. The predicted octanol–water partition coefficient (Wildman–Crippen LogP) is 2.82. The summed E-state index contributed by atoms with van der Waals surface area (Å²) >= 11 is 0. The van der Waals surface area contributed by atoms with Crippen molar-refractivity contribution < 1.29 is 18.3 Å². The zero-order chi connectivity index (χ0) is 12.1. The molecule has 1 heterocycles. The Hall–Kier alpha value is -1.94. The highest BCUT2D eigenvalue weighted by molar-refractivity contribution is 5.96. The highest BCUT2D eigenvalue weighted by Crippen LogP contribution is 2.06. The normalized spacial score (nSPS) is 10.4. The van der Waals surface area contributed by atoms with Gasteiger partial charge in [-0.3, -0.25) is 4.79 Å². The number of furan rings is 1. The summed E-state index contributed by atoms with van der Waals surface area (Å²) in [5.41, 5.74) is 0.436. The molecule has 2 aromatic rings. The SMILES string of the molecule is O=C(COCc1ccco1)c1ccc(F)cc1. The second-order valence-electron chi connectivity index (χ2n) is 3.50. The van der Waals surface area contributed by atoms with Crippen LogP contribution in [0, 0.1) is 5.82 Å². The molecule has 0 saturated carbocycles. The van der Waals surface area contributed by atoms with Crippen LogP contribution in [0.25, 0.3) is 0 Å². The molecule has 0 saturated heterocycles. The van der Waals surface area contributed by atoms with E-state index in [-0.39, 0.29) is 24.8 Å². The third-order valence-electron chi connectivity index (χ3n) is 2.22. The zero-order valence-electron chi connectivity index (χ0n) is 9.06. The minimum atomic E-state index is -0.363. The molecule has 0 N–H and O–H groups in total. The molecule has 0 radical (unpaired) electrons. The number of hydrogen-bond acceptors (Lipinski definition) is 3. The molecule has 2 rings (SSSR count). The third kappa shape index (κ3) is 3.26. The molecular formula is C13H11FO3. The van der Waals surface area contributed by atoms with Gasteiger partial charge in [-0.05, 0) is 36.4 Å². The lowest BCUT2D eigenvalue weighted by Crippen LogP contribution is -2.08.